The zero-order valence-electron chi connectivity index (χ0n) is 13.0. The van der Waals surface area contributed by atoms with E-state index in [0.29, 0.717) is 23.8 Å². The SMILES string of the molecule is CC(CC(=O)NCC(O)c1cccc(F)c1)C1CCCNC1. The summed E-state index contributed by atoms with van der Waals surface area (Å²) in [4.78, 5) is 12.0. The molecule has 3 unspecified atom stereocenters. The summed E-state index contributed by atoms with van der Waals surface area (Å²) in [6.45, 7) is 4.24. The Morgan fingerprint density at radius 3 is 3.05 bits per heavy atom. The molecule has 1 fully saturated rings. The lowest BCUT2D eigenvalue weighted by Gasteiger charge is -2.28. The summed E-state index contributed by atoms with van der Waals surface area (Å²) in [7, 11) is 0. The Bertz CT molecular complexity index is 489. The number of amides is 1. The Morgan fingerprint density at radius 1 is 1.55 bits per heavy atom. The van der Waals surface area contributed by atoms with Gasteiger partial charge in [-0.2, -0.15) is 0 Å². The van der Waals surface area contributed by atoms with Crippen molar-refractivity contribution in [3.8, 4) is 0 Å². The highest BCUT2D eigenvalue weighted by Gasteiger charge is 2.22. The van der Waals surface area contributed by atoms with Gasteiger partial charge in [-0.1, -0.05) is 19.1 Å². The van der Waals surface area contributed by atoms with Gasteiger partial charge in [-0.05, 0) is 55.5 Å². The van der Waals surface area contributed by atoms with Gasteiger partial charge in [-0.15, -0.1) is 0 Å². The van der Waals surface area contributed by atoms with Crippen LogP contribution in [0.3, 0.4) is 0 Å². The van der Waals surface area contributed by atoms with Crippen molar-refractivity contribution in [2.24, 2.45) is 11.8 Å². The zero-order chi connectivity index (χ0) is 15.9. The minimum atomic E-state index is -0.883. The van der Waals surface area contributed by atoms with Gasteiger partial charge in [-0.3, -0.25) is 4.79 Å². The molecule has 122 valence electrons. The van der Waals surface area contributed by atoms with E-state index >= 15 is 0 Å². The summed E-state index contributed by atoms with van der Waals surface area (Å²) in [5, 5.41) is 16.1. The van der Waals surface area contributed by atoms with E-state index in [-0.39, 0.29) is 18.3 Å². The van der Waals surface area contributed by atoms with E-state index < -0.39 is 6.10 Å². The number of carbonyl (C=O) groups is 1. The van der Waals surface area contributed by atoms with Crippen LogP contribution in [0.15, 0.2) is 24.3 Å². The van der Waals surface area contributed by atoms with Crippen molar-refractivity contribution in [1.29, 1.82) is 0 Å². The first kappa shape index (κ1) is 16.9. The Morgan fingerprint density at radius 2 is 2.36 bits per heavy atom. The van der Waals surface area contributed by atoms with Crippen molar-refractivity contribution in [3.63, 3.8) is 0 Å². The first-order chi connectivity index (χ1) is 10.6. The molecule has 0 radical (unpaired) electrons. The third-order valence-corrected chi connectivity index (χ3v) is 4.37. The van der Waals surface area contributed by atoms with E-state index in [9.17, 15) is 14.3 Å². The molecule has 1 amide bonds. The predicted octanol–water partition coefficient (Wildman–Crippen LogP) is 2.00. The second-order valence-corrected chi connectivity index (χ2v) is 6.16. The second-order valence-electron chi connectivity index (χ2n) is 6.16. The van der Waals surface area contributed by atoms with Crippen molar-refractivity contribution in [1.82, 2.24) is 10.6 Å². The molecule has 1 aromatic rings. The minimum Gasteiger partial charge on any atom is -0.387 e. The van der Waals surface area contributed by atoms with Gasteiger partial charge in [0.2, 0.25) is 5.91 Å². The minimum absolute atomic E-state index is 0.0615. The van der Waals surface area contributed by atoms with Gasteiger partial charge < -0.3 is 15.7 Å². The molecule has 0 aliphatic carbocycles. The number of nitrogens with one attached hydrogen (secondary N) is 2. The van der Waals surface area contributed by atoms with E-state index in [2.05, 4.69) is 17.6 Å². The lowest BCUT2D eigenvalue weighted by Crippen LogP contribution is -2.36. The molecular formula is C17H25FN2O2. The highest BCUT2D eigenvalue weighted by Crippen LogP contribution is 2.22. The molecule has 5 heteroatoms. The first-order valence-electron chi connectivity index (χ1n) is 7.97. The second kappa shape index (κ2) is 8.25. The van der Waals surface area contributed by atoms with Crippen LogP contribution in [-0.2, 0) is 4.79 Å². The van der Waals surface area contributed by atoms with E-state index in [4.69, 9.17) is 0 Å². The number of hydrogen-bond acceptors (Lipinski definition) is 3. The van der Waals surface area contributed by atoms with Gasteiger partial charge in [-0.25, -0.2) is 4.39 Å². The fraction of sp³-hybridized carbons (Fsp3) is 0.588. The molecule has 4 nitrogen and oxygen atoms in total. The number of hydrogen-bond donors (Lipinski definition) is 3. The van der Waals surface area contributed by atoms with Gasteiger partial charge in [0.05, 0.1) is 6.10 Å². The summed E-state index contributed by atoms with van der Waals surface area (Å²) >= 11 is 0. The number of aliphatic hydroxyl groups is 1. The van der Waals surface area contributed by atoms with Crippen LogP contribution >= 0.6 is 0 Å². The van der Waals surface area contributed by atoms with Crippen molar-refractivity contribution in [2.75, 3.05) is 19.6 Å². The molecular weight excluding hydrogens is 283 g/mol. The summed E-state index contributed by atoms with van der Waals surface area (Å²) in [6.07, 6.45) is 1.90. The summed E-state index contributed by atoms with van der Waals surface area (Å²) in [5.41, 5.74) is 0.477. The van der Waals surface area contributed by atoms with Gasteiger partial charge in [0.15, 0.2) is 0 Å². The van der Waals surface area contributed by atoms with Gasteiger partial charge >= 0.3 is 0 Å². The van der Waals surface area contributed by atoms with Crippen LogP contribution in [0, 0.1) is 17.7 Å². The third-order valence-electron chi connectivity index (χ3n) is 4.37. The van der Waals surface area contributed by atoms with E-state index in [0.717, 1.165) is 25.9 Å². The quantitative estimate of drug-likeness (QED) is 0.753. The molecule has 2 rings (SSSR count). The van der Waals surface area contributed by atoms with Crippen LogP contribution in [0.25, 0.3) is 0 Å². The van der Waals surface area contributed by atoms with Crippen LogP contribution in [0.4, 0.5) is 4.39 Å². The average Bonchev–Trinajstić information content (AvgIpc) is 2.53. The first-order valence-corrected chi connectivity index (χ1v) is 7.97. The zero-order valence-corrected chi connectivity index (χ0v) is 13.0. The number of carbonyl (C=O) groups excluding carboxylic acids is 1. The smallest absolute Gasteiger partial charge is 0.220 e. The lowest BCUT2D eigenvalue weighted by atomic mass is 9.85. The Kier molecular flexibility index (Phi) is 6.34. The highest BCUT2D eigenvalue weighted by molar-refractivity contribution is 5.76. The molecule has 1 aliphatic rings. The average molecular weight is 308 g/mol. The number of benzene rings is 1. The maximum atomic E-state index is 13.1. The number of rotatable bonds is 6. The maximum Gasteiger partial charge on any atom is 0.220 e. The van der Waals surface area contributed by atoms with Gasteiger partial charge in [0.1, 0.15) is 5.82 Å². The van der Waals surface area contributed by atoms with Gasteiger partial charge in [0, 0.05) is 13.0 Å². The van der Waals surface area contributed by atoms with Crippen LogP contribution in [0.2, 0.25) is 0 Å². The van der Waals surface area contributed by atoms with Crippen LogP contribution in [0.1, 0.15) is 37.9 Å². The normalized spacial score (nSPS) is 21.1. The number of aliphatic hydroxyl groups excluding tert-OH is 1. The van der Waals surface area contributed by atoms with Crippen molar-refractivity contribution < 1.29 is 14.3 Å². The van der Waals surface area contributed by atoms with Crippen molar-refractivity contribution in [3.05, 3.63) is 35.6 Å². The van der Waals surface area contributed by atoms with Crippen molar-refractivity contribution >= 4 is 5.91 Å². The van der Waals surface area contributed by atoms with Crippen LogP contribution in [0.5, 0.6) is 0 Å². The molecule has 0 saturated carbocycles. The Balaban J connectivity index is 1.74. The number of piperidine rings is 1. The fourth-order valence-electron chi connectivity index (χ4n) is 2.94. The molecule has 1 saturated heterocycles. The monoisotopic (exact) mass is 308 g/mol. The molecule has 0 spiro atoms. The van der Waals surface area contributed by atoms with Crippen LogP contribution in [-0.4, -0.2) is 30.6 Å². The van der Waals surface area contributed by atoms with E-state index in [1.165, 1.54) is 12.1 Å². The molecule has 1 aliphatic heterocycles. The molecule has 0 bridgehead atoms. The van der Waals surface area contributed by atoms with Crippen molar-refractivity contribution in [2.45, 2.75) is 32.3 Å². The summed E-state index contributed by atoms with van der Waals surface area (Å²) < 4.78 is 13.1. The number of halogens is 1. The predicted molar refractivity (Wildman–Crippen MR) is 83.7 cm³/mol. The Labute approximate surface area is 131 Å². The molecule has 1 aromatic carbocycles. The molecule has 22 heavy (non-hydrogen) atoms. The molecule has 0 aromatic heterocycles. The summed E-state index contributed by atoms with van der Waals surface area (Å²) in [6, 6.07) is 5.81. The molecule has 3 N–H and O–H groups in total. The van der Waals surface area contributed by atoms with Crippen LogP contribution < -0.4 is 10.6 Å². The maximum absolute atomic E-state index is 13.1. The Hall–Kier alpha value is -1.46. The lowest BCUT2D eigenvalue weighted by molar-refractivity contribution is -0.122. The fourth-order valence-corrected chi connectivity index (χ4v) is 2.94. The molecule has 1 heterocycles. The van der Waals surface area contributed by atoms with E-state index in [1.54, 1.807) is 12.1 Å². The highest BCUT2D eigenvalue weighted by atomic mass is 19.1. The largest absolute Gasteiger partial charge is 0.387 e. The third kappa shape index (κ3) is 5.07. The standard InChI is InChI=1S/C17H25FN2O2/c1-12(14-5-3-7-19-10-14)8-17(22)20-11-16(21)13-4-2-6-15(18)9-13/h2,4,6,9,12,14,16,19,21H,3,5,7-8,10-11H2,1H3,(H,20,22). The molecule has 3 atom stereocenters. The van der Waals surface area contributed by atoms with E-state index in [1.807, 2.05) is 0 Å². The van der Waals surface area contributed by atoms with Gasteiger partial charge in [0.25, 0.3) is 0 Å². The summed E-state index contributed by atoms with van der Waals surface area (Å²) in [5.74, 6) is 0.404. The topological polar surface area (TPSA) is 61.4 Å².